The molecule has 0 heterocycles. The zero-order chi connectivity index (χ0) is 24.8. The number of esters is 3. The molecule has 0 aromatic rings. The lowest BCUT2D eigenvalue weighted by Crippen LogP contribution is -2.50. The molecule has 2 unspecified atom stereocenters. The fraction of sp³-hybridized carbons (Fsp3) is 0.857. The smallest absolute Gasteiger partial charge is 0.335 e. The fourth-order valence-corrected chi connectivity index (χ4v) is 6.46. The highest BCUT2D eigenvalue weighted by atomic mass is 28.4. The monoisotopic (exact) mass is 480 g/mol. The van der Waals surface area contributed by atoms with E-state index < -0.39 is 64.0 Å². The molecule has 0 aromatic carbocycles. The van der Waals surface area contributed by atoms with Crippen LogP contribution < -0.4 is 0 Å². The molecular formula is C21H40O10Si. The molecule has 0 radical (unpaired) electrons. The Morgan fingerprint density at radius 1 is 0.844 bits per heavy atom. The summed E-state index contributed by atoms with van der Waals surface area (Å²) >= 11 is 0. The van der Waals surface area contributed by atoms with Crippen LogP contribution in [0.1, 0.15) is 60.3 Å². The second-order valence-corrected chi connectivity index (χ2v) is 12.5. The van der Waals surface area contributed by atoms with Crippen LogP contribution in [-0.4, -0.2) is 79.4 Å². The van der Waals surface area contributed by atoms with Crippen molar-refractivity contribution in [3.8, 4) is 0 Å². The third-order valence-electron chi connectivity index (χ3n) is 5.59. The first-order valence-corrected chi connectivity index (χ1v) is 13.8. The summed E-state index contributed by atoms with van der Waals surface area (Å²) in [6.07, 6.45) is -0.762. The molecule has 0 spiro atoms. The van der Waals surface area contributed by atoms with E-state index in [-0.39, 0.29) is 12.8 Å². The molecule has 0 saturated heterocycles. The third kappa shape index (κ3) is 9.95. The molecule has 0 amide bonds. The van der Waals surface area contributed by atoms with Gasteiger partial charge in [-0.2, -0.15) is 0 Å². The van der Waals surface area contributed by atoms with Gasteiger partial charge in [-0.25, -0.2) is 14.4 Å². The van der Waals surface area contributed by atoms with Crippen molar-refractivity contribution in [2.75, 3.05) is 19.8 Å². The molecule has 0 aliphatic heterocycles. The van der Waals surface area contributed by atoms with Crippen molar-refractivity contribution in [1.82, 2.24) is 0 Å². The van der Waals surface area contributed by atoms with Gasteiger partial charge in [0.05, 0.1) is 12.5 Å². The zero-order valence-electron chi connectivity index (χ0n) is 19.9. The van der Waals surface area contributed by atoms with E-state index in [1.165, 1.54) is 0 Å². The second kappa shape index (κ2) is 15.3. The maximum atomic E-state index is 12.0. The summed E-state index contributed by atoms with van der Waals surface area (Å²) in [4.78, 5) is 35.9. The number of carbonyl (C=O) groups is 3. The van der Waals surface area contributed by atoms with Gasteiger partial charge in [-0.05, 0) is 31.5 Å². The van der Waals surface area contributed by atoms with E-state index in [9.17, 15) is 29.7 Å². The molecule has 2 atom stereocenters. The lowest BCUT2D eigenvalue weighted by Gasteiger charge is -2.39. The molecule has 0 aliphatic carbocycles. The lowest BCUT2D eigenvalue weighted by atomic mass is 9.98. The van der Waals surface area contributed by atoms with Crippen molar-refractivity contribution in [2.45, 2.75) is 96.4 Å². The molecule has 3 N–H and O–H groups in total. The number of unbranched alkanes of at least 4 members (excludes halogenated alkanes) is 1. The topological polar surface area (TPSA) is 149 Å². The van der Waals surface area contributed by atoms with Crippen LogP contribution in [-0.2, 0) is 33.0 Å². The highest BCUT2D eigenvalue weighted by molar-refractivity contribution is 6.73. The van der Waals surface area contributed by atoms with E-state index in [1.54, 1.807) is 6.92 Å². The van der Waals surface area contributed by atoms with Crippen LogP contribution in [0.5, 0.6) is 0 Å². The van der Waals surface area contributed by atoms with E-state index >= 15 is 0 Å². The fourth-order valence-electron chi connectivity index (χ4n) is 3.52. The Labute approximate surface area is 191 Å². The Morgan fingerprint density at radius 2 is 1.31 bits per heavy atom. The van der Waals surface area contributed by atoms with Crippen LogP contribution in [0, 0.1) is 0 Å². The number of rotatable bonds is 17. The molecule has 0 aromatic heterocycles. The van der Waals surface area contributed by atoms with E-state index in [0.717, 1.165) is 18.1 Å². The van der Waals surface area contributed by atoms with Crippen LogP contribution >= 0.6 is 0 Å². The summed E-state index contributed by atoms with van der Waals surface area (Å²) in [6, 6.07) is 2.51. The summed E-state index contributed by atoms with van der Waals surface area (Å²) in [7, 11) is -2.13. The summed E-state index contributed by atoms with van der Waals surface area (Å²) in [6.45, 7) is 6.95. The first-order chi connectivity index (χ1) is 15.1. The number of aliphatic hydroxyl groups is 3. The van der Waals surface area contributed by atoms with Gasteiger partial charge >= 0.3 is 17.9 Å². The average molecular weight is 481 g/mol. The van der Waals surface area contributed by atoms with Gasteiger partial charge in [-0.3, -0.25) is 0 Å². The number of ether oxygens (including phenoxy) is 3. The van der Waals surface area contributed by atoms with Crippen molar-refractivity contribution < 1.29 is 48.3 Å². The molecule has 0 saturated carbocycles. The standard InChI is InChI=1S/C21H40O10Si/c1-6-10-11-21(29-19(26)14-23,30-20(27)15-24)12-17(28-18(25)13-22)16(5)31-32(7-2,8-3)9-4/h16-17,22-24H,6-15H2,1-5H3. The minimum Gasteiger partial charge on any atom is -0.458 e. The predicted octanol–water partition coefficient (Wildman–Crippen LogP) is 1.65. The maximum Gasteiger partial charge on any atom is 0.335 e. The lowest BCUT2D eigenvalue weighted by molar-refractivity contribution is -0.247. The number of carbonyl (C=O) groups excluding carboxylic acids is 3. The molecule has 10 nitrogen and oxygen atoms in total. The van der Waals surface area contributed by atoms with Gasteiger partial charge in [0.25, 0.3) is 5.79 Å². The molecule has 32 heavy (non-hydrogen) atoms. The van der Waals surface area contributed by atoms with E-state index in [0.29, 0.717) is 12.8 Å². The maximum absolute atomic E-state index is 12.0. The molecule has 0 aliphatic rings. The Hall–Kier alpha value is -1.53. The Balaban J connectivity index is 6.15. The van der Waals surface area contributed by atoms with Gasteiger partial charge in [0.2, 0.25) is 0 Å². The van der Waals surface area contributed by atoms with Gasteiger partial charge in [0.1, 0.15) is 25.9 Å². The number of hydrogen-bond donors (Lipinski definition) is 3. The summed E-state index contributed by atoms with van der Waals surface area (Å²) in [5.41, 5.74) is 0. The van der Waals surface area contributed by atoms with Gasteiger partial charge in [0, 0.05) is 6.42 Å². The summed E-state index contributed by atoms with van der Waals surface area (Å²) in [5.74, 6) is -4.87. The highest BCUT2D eigenvalue weighted by Crippen LogP contribution is 2.32. The van der Waals surface area contributed by atoms with Crippen molar-refractivity contribution in [2.24, 2.45) is 0 Å². The first-order valence-electron chi connectivity index (χ1n) is 11.2. The minimum absolute atomic E-state index is 0.0543. The van der Waals surface area contributed by atoms with E-state index in [1.807, 2.05) is 27.7 Å². The van der Waals surface area contributed by atoms with Crippen molar-refractivity contribution >= 4 is 26.2 Å². The predicted molar refractivity (Wildman–Crippen MR) is 118 cm³/mol. The average Bonchev–Trinajstić information content (AvgIpc) is 2.80. The van der Waals surface area contributed by atoms with Crippen LogP contribution in [0.15, 0.2) is 0 Å². The van der Waals surface area contributed by atoms with Gasteiger partial charge in [-0.1, -0.05) is 34.1 Å². The van der Waals surface area contributed by atoms with E-state index in [4.69, 9.17) is 18.6 Å². The normalized spacial score (nSPS) is 13.9. The summed E-state index contributed by atoms with van der Waals surface area (Å²) in [5, 5.41) is 27.6. The molecule has 11 heteroatoms. The van der Waals surface area contributed by atoms with Crippen LogP contribution in [0.2, 0.25) is 18.1 Å². The SMILES string of the molecule is CCCCC(CC(OC(=O)CO)C(C)O[Si](CC)(CC)CC)(OC(=O)CO)OC(=O)CO. The van der Waals surface area contributed by atoms with Crippen molar-refractivity contribution in [1.29, 1.82) is 0 Å². The second-order valence-electron chi connectivity index (χ2n) is 7.74. The molecule has 0 bridgehead atoms. The first kappa shape index (κ1) is 30.5. The molecule has 0 rings (SSSR count). The quantitative estimate of drug-likeness (QED) is 0.159. The zero-order valence-corrected chi connectivity index (χ0v) is 20.9. The van der Waals surface area contributed by atoms with E-state index in [2.05, 4.69) is 0 Å². The molecule has 188 valence electrons. The van der Waals surface area contributed by atoms with Crippen molar-refractivity contribution in [3.05, 3.63) is 0 Å². The summed E-state index contributed by atoms with van der Waals surface area (Å²) < 4.78 is 22.5. The van der Waals surface area contributed by atoms with Crippen LogP contribution in [0.25, 0.3) is 0 Å². The van der Waals surface area contributed by atoms with Crippen LogP contribution in [0.3, 0.4) is 0 Å². The van der Waals surface area contributed by atoms with Crippen molar-refractivity contribution in [3.63, 3.8) is 0 Å². The number of aliphatic hydroxyl groups excluding tert-OH is 3. The Morgan fingerprint density at radius 3 is 1.69 bits per heavy atom. The van der Waals surface area contributed by atoms with Crippen LogP contribution in [0.4, 0.5) is 0 Å². The number of hydrogen-bond acceptors (Lipinski definition) is 10. The van der Waals surface area contributed by atoms with Gasteiger partial charge in [0.15, 0.2) is 8.32 Å². The Kier molecular flexibility index (Phi) is 14.6. The Bertz CT molecular complexity index is 553. The molecule has 0 fully saturated rings. The largest absolute Gasteiger partial charge is 0.458 e. The molecular weight excluding hydrogens is 440 g/mol. The minimum atomic E-state index is -2.13. The highest BCUT2D eigenvalue weighted by Gasteiger charge is 2.44. The van der Waals surface area contributed by atoms with Gasteiger partial charge < -0.3 is 34.0 Å². The van der Waals surface area contributed by atoms with Gasteiger partial charge in [-0.15, -0.1) is 0 Å². The third-order valence-corrected chi connectivity index (χ3v) is 10.3.